The predicted molar refractivity (Wildman–Crippen MR) is 72.7 cm³/mol. The Morgan fingerprint density at radius 1 is 1.28 bits per heavy atom. The van der Waals surface area contributed by atoms with Gasteiger partial charge in [0.25, 0.3) is 0 Å². The first-order chi connectivity index (χ1) is 8.47. The summed E-state index contributed by atoms with van der Waals surface area (Å²) < 4.78 is 12.9. The normalized spacial score (nSPS) is 21.8. The average molecular weight is 250 g/mol. The number of benzene rings is 1. The van der Waals surface area contributed by atoms with Crippen LogP contribution in [0.2, 0.25) is 0 Å². The van der Waals surface area contributed by atoms with E-state index < -0.39 is 0 Å². The lowest BCUT2D eigenvalue weighted by Crippen LogP contribution is -2.57. The molecule has 1 aromatic carbocycles. The Morgan fingerprint density at radius 2 is 1.83 bits per heavy atom. The minimum absolute atomic E-state index is 0.190. The van der Waals surface area contributed by atoms with E-state index in [9.17, 15) is 4.39 Å². The Morgan fingerprint density at radius 3 is 2.39 bits per heavy atom. The van der Waals surface area contributed by atoms with Gasteiger partial charge in [0, 0.05) is 19.5 Å². The SMILES string of the molecule is CC1CCN(C(C)(N)Cc2ccc(F)cc2)CC1. The van der Waals surface area contributed by atoms with Gasteiger partial charge in [-0.1, -0.05) is 19.1 Å². The zero-order valence-electron chi connectivity index (χ0n) is 11.3. The first-order valence-corrected chi connectivity index (χ1v) is 6.76. The Bertz CT molecular complexity index is 378. The van der Waals surface area contributed by atoms with Crippen LogP contribution < -0.4 is 5.73 Å². The molecule has 2 N–H and O–H groups in total. The lowest BCUT2D eigenvalue weighted by atomic mass is 9.93. The van der Waals surface area contributed by atoms with Gasteiger partial charge in [0.15, 0.2) is 0 Å². The van der Waals surface area contributed by atoms with Crippen molar-refractivity contribution in [3.63, 3.8) is 0 Å². The maximum absolute atomic E-state index is 12.9. The van der Waals surface area contributed by atoms with Gasteiger partial charge in [-0.25, -0.2) is 4.39 Å². The van der Waals surface area contributed by atoms with Crippen molar-refractivity contribution in [1.29, 1.82) is 0 Å². The highest BCUT2D eigenvalue weighted by Gasteiger charge is 2.30. The van der Waals surface area contributed by atoms with E-state index in [0.717, 1.165) is 31.0 Å². The van der Waals surface area contributed by atoms with Gasteiger partial charge in [0.1, 0.15) is 5.82 Å². The van der Waals surface area contributed by atoms with Crippen LogP contribution in [0.5, 0.6) is 0 Å². The molecule has 1 aromatic rings. The van der Waals surface area contributed by atoms with E-state index in [-0.39, 0.29) is 11.5 Å². The van der Waals surface area contributed by atoms with Crippen LogP contribution in [0.15, 0.2) is 24.3 Å². The first-order valence-electron chi connectivity index (χ1n) is 6.76. The maximum atomic E-state index is 12.9. The molecule has 0 saturated carbocycles. The fourth-order valence-corrected chi connectivity index (χ4v) is 2.65. The summed E-state index contributed by atoms with van der Waals surface area (Å²) in [4.78, 5) is 2.36. The molecule has 1 heterocycles. The number of nitrogens with two attached hydrogens (primary N) is 1. The Kier molecular flexibility index (Phi) is 4.03. The molecule has 0 aromatic heterocycles. The molecule has 18 heavy (non-hydrogen) atoms. The number of hydrogen-bond acceptors (Lipinski definition) is 2. The van der Waals surface area contributed by atoms with Crippen LogP contribution in [-0.4, -0.2) is 23.7 Å². The van der Waals surface area contributed by atoms with Gasteiger partial charge in [-0.2, -0.15) is 0 Å². The Balaban J connectivity index is 2.00. The molecule has 1 aliphatic rings. The summed E-state index contributed by atoms with van der Waals surface area (Å²) in [7, 11) is 0. The monoisotopic (exact) mass is 250 g/mol. The Hall–Kier alpha value is -0.930. The van der Waals surface area contributed by atoms with Crippen LogP contribution in [0.25, 0.3) is 0 Å². The second-order valence-electron chi connectivity index (χ2n) is 5.83. The van der Waals surface area contributed by atoms with Crippen LogP contribution in [-0.2, 0) is 6.42 Å². The number of piperidine rings is 1. The van der Waals surface area contributed by atoms with Crippen molar-refractivity contribution in [2.75, 3.05) is 13.1 Å². The molecule has 2 rings (SSSR count). The van der Waals surface area contributed by atoms with Gasteiger partial charge in [-0.3, -0.25) is 4.90 Å². The molecular weight excluding hydrogens is 227 g/mol. The molecule has 1 unspecified atom stereocenters. The Labute approximate surface area is 109 Å². The first kappa shape index (κ1) is 13.5. The summed E-state index contributed by atoms with van der Waals surface area (Å²) in [6.07, 6.45) is 3.20. The van der Waals surface area contributed by atoms with Gasteiger partial charge in [0.05, 0.1) is 5.66 Å². The summed E-state index contributed by atoms with van der Waals surface area (Å²) in [5, 5.41) is 0. The van der Waals surface area contributed by atoms with Crippen LogP contribution in [0.3, 0.4) is 0 Å². The van der Waals surface area contributed by atoms with E-state index in [2.05, 4.69) is 18.7 Å². The van der Waals surface area contributed by atoms with Gasteiger partial charge in [0.2, 0.25) is 0 Å². The van der Waals surface area contributed by atoms with Crippen molar-refractivity contribution >= 4 is 0 Å². The molecule has 2 nitrogen and oxygen atoms in total. The van der Waals surface area contributed by atoms with Gasteiger partial charge in [-0.05, 0) is 43.4 Å². The zero-order valence-corrected chi connectivity index (χ0v) is 11.3. The lowest BCUT2D eigenvalue weighted by Gasteiger charge is -2.42. The number of likely N-dealkylation sites (tertiary alicyclic amines) is 1. The van der Waals surface area contributed by atoms with Crippen LogP contribution in [0.4, 0.5) is 4.39 Å². The smallest absolute Gasteiger partial charge is 0.123 e. The molecule has 0 amide bonds. The molecule has 1 aliphatic heterocycles. The highest BCUT2D eigenvalue weighted by molar-refractivity contribution is 5.18. The second-order valence-corrected chi connectivity index (χ2v) is 5.83. The van der Waals surface area contributed by atoms with Crippen LogP contribution in [0.1, 0.15) is 32.3 Å². The van der Waals surface area contributed by atoms with Gasteiger partial charge in [-0.15, -0.1) is 0 Å². The molecule has 0 aliphatic carbocycles. The third kappa shape index (κ3) is 3.30. The summed E-state index contributed by atoms with van der Waals surface area (Å²) in [5.41, 5.74) is 7.20. The summed E-state index contributed by atoms with van der Waals surface area (Å²) in [6, 6.07) is 6.66. The van der Waals surface area contributed by atoms with Crippen molar-refractivity contribution in [3.8, 4) is 0 Å². The predicted octanol–water partition coefficient (Wildman–Crippen LogP) is 2.78. The standard InChI is InChI=1S/C15H23FN2/c1-12-7-9-18(10-8-12)15(2,17)11-13-3-5-14(16)6-4-13/h3-6,12H,7-11,17H2,1-2H3. The molecule has 0 spiro atoms. The third-order valence-corrected chi connectivity index (χ3v) is 3.98. The minimum Gasteiger partial charge on any atom is -0.313 e. The van der Waals surface area contributed by atoms with E-state index in [1.165, 1.54) is 25.0 Å². The van der Waals surface area contributed by atoms with Crippen molar-refractivity contribution in [2.45, 2.75) is 38.8 Å². The molecule has 1 saturated heterocycles. The largest absolute Gasteiger partial charge is 0.313 e. The average Bonchev–Trinajstić information content (AvgIpc) is 2.32. The highest BCUT2D eigenvalue weighted by atomic mass is 19.1. The summed E-state index contributed by atoms with van der Waals surface area (Å²) in [6.45, 7) is 6.50. The maximum Gasteiger partial charge on any atom is 0.123 e. The van der Waals surface area contributed by atoms with Crippen LogP contribution >= 0.6 is 0 Å². The fourth-order valence-electron chi connectivity index (χ4n) is 2.65. The van der Waals surface area contributed by atoms with E-state index >= 15 is 0 Å². The highest BCUT2D eigenvalue weighted by Crippen LogP contribution is 2.23. The van der Waals surface area contributed by atoms with Gasteiger partial charge >= 0.3 is 0 Å². The van der Waals surface area contributed by atoms with E-state index in [1.807, 2.05) is 12.1 Å². The second kappa shape index (κ2) is 5.37. The molecule has 3 heteroatoms. The topological polar surface area (TPSA) is 29.3 Å². The zero-order chi connectivity index (χ0) is 13.2. The molecule has 0 bridgehead atoms. The molecular formula is C15H23FN2. The van der Waals surface area contributed by atoms with Crippen molar-refractivity contribution in [3.05, 3.63) is 35.6 Å². The summed E-state index contributed by atoms with van der Waals surface area (Å²) >= 11 is 0. The molecule has 0 radical (unpaired) electrons. The lowest BCUT2D eigenvalue weighted by molar-refractivity contribution is 0.0695. The number of rotatable bonds is 3. The summed E-state index contributed by atoms with van der Waals surface area (Å²) in [5.74, 6) is 0.618. The minimum atomic E-state index is -0.335. The van der Waals surface area contributed by atoms with Gasteiger partial charge < -0.3 is 5.73 Å². The van der Waals surface area contributed by atoms with Crippen molar-refractivity contribution < 1.29 is 4.39 Å². The molecule has 1 atom stereocenters. The molecule has 100 valence electrons. The van der Waals surface area contributed by atoms with Crippen molar-refractivity contribution in [2.24, 2.45) is 11.7 Å². The quantitative estimate of drug-likeness (QED) is 0.894. The van der Waals surface area contributed by atoms with E-state index in [0.29, 0.717) is 0 Å². The van der Waals surface area contributed by atoms with Crippen molar-refractivity contribution in [1.82, 2.24) is 4.90 Å². The number of hydrogen-bond donors (Lipinski definition) is 1. The van der Waals surface area contributed by atoms with E-state index in [1.54, 1.807) is 0 Å². The fraction of sp³-hybridized carbons (Fsp3) is 0.600. The van der Waals surface area contributed by atoms with E-state index in [4.69, 9.17) is 5.73 Å². The number of halogens is 1. The third-order valence-electron chi connectivity index (χ3n) is 3.98. The molecule has 1 fully saturated rings. The number of nitrogens with zero attached hydrogens (tertiary/aromatic N) is 1. The van der Waals surface area contributed by atoms with Crippen LogP contribution in [0, 0.1) is 11.7 Å².